The van der Waals surface area contributed by atoms with Gasteiger partial charge in [0.25, 0.3) is 0 Å². The Morgan fingerprint density at radius 2 is 2.06 bits per heavy atom. The molecular formula is C12H21N3O3. The number of likely N-dealkylation sites (N-methyl/N-ethyl adjacent to an activating group) is 1. The summed E-state index contributed by atoms with van der Waals surface area (Å²) in [4.78, 5) is 13.4. The molecule has 0 saturated heterocycles. The monoisotopic (exact) mass is 255 g/mol. The smallest absolute Gasteiger partial charge is 0.325 e. The van der Waals surface area contributed by atoms with Crippen LogP contribution in [-0.4, -0.2) is 46.0 Å². The summed E-state index contributed by atoms with van der Waals surface area (Å²) in [6.45, 7) is 7.00. The van der Waals surface area contributed by atoms with Gasteiger partial charge >= 0.3 is 5.97 Å². The summed E-state index contributed by atoms with van der Waals surface area (Å²) >= 11 is 0. The third-order valence-corrected chi connectivity index (χ3v) is 3.09. The van der Waals surface area contributed by atoms with E-state index in [9.17, 15) is 9.90 Å². The molecule has 0 aliphatic heterocycles. The van der Waals surface area contributed by atoms with Gasteiger partial charge in [-0.2, -0.15) is 5.10 Å². The van der Waals surface area contributed by atoms with Gasteiger partial charge in [-0.05, 0) is 20.0 Å². The molecule has 102 valence electrons. The number of hydrogen-bond donors (Lipinski definition) is 1. The Hall–Kier alpha value is -1.56. The highest BCUT2D eigenvalue weighted by Gasteiger charge is 2.32. The number of rotatable bonds is 6. The molecule has 1 rings (SSSR count). The molecule has 6 nitrogen and oxygen atoms in total. The number of ether oxygens (including phenoxy) is 1. The number of aryl methyl sites for hydroxylation is 2. The van der Waals surface area contributed by atoms with Crippen LogP contribution in [0.25, 0.3) is 0 Å². The summed E-state index contributed by atoms with van der Waals surface area (Å²) in [6, 6.07) is -0.719. The number of carbonyl (C=O) groups is 1. The van der Waals surface area contributed by atoms with Gasteiger partial charge in [-0.15, -0.1) is 0 Å². The lowest BCUT2D eigenvalue weighted by atomic mass is 10.1. The zero-order chi connectivity index (χ0) is 13.9. The van der Waals surface area contributed by atoms with Crippen LogP contribution in [-0.2, 0) is 11.8 Å². The number of nitrogens with zero attached hydrogens (tertiary/aromatic N) is 3. The maximum Gasteiger partial charge on any atom is 0.325 e. The molecule has 0 aromatic carbocycles. The van der Waals surface area contributed by atoms with E-state index in [4.69, 9.17) is 4.74 Å². The number of carboxylic acid groups (broad SMARTS) is 1. The maximum atomic E-state index is 11.6. The lowest BCUT2D eigenvalue weighted by molar-refractivity contribution is -0.143. The molecule has 0 amide bonds. The fourth-order valence-corrected chi connectivity index (χ4v) is 2.26. The molecule has 0 aliphatic carbocycles. The van der Waals surface area contributed by atoms with Crippen molar-refractivity contribution in [2.24, 2.45) is 7.05 Å². The molecule has 1 unspecified atom stereocenters. The lowest BCUT2D eigenvalue weighted by Gasteiger charge is -2.26. The minimum absolute atomic E-state index is 0.506. The van der Waals surface area contributed by atoms with Crippen molar-refractivity contribution in [1.82, 2.24) is 14.7 Å². The molecule has 6 heteroatoms. The van der Waals surface area contributed by atoms with Gasteiger partial charge in [0.2, 0.25) is 5.88 Å². The first-order chi connectivity index (χ1) is 8.47. The normalized spacial score (nSPS) is 12.8. The van der Waals surface area contributed by atoms with E-state index in [1.165, 1.54) is 7.11 Å². The summed E-state index contributed by atoms with van der Waals surface area (Å²) in [5, 5.41) is 13.7. The van der Waals surface area contributed by atoms with E-state index in [0.717, 1.165) is 0 Å². The van der Waals surface area contributed by atoms with Crippen molar-refractivity contribution >= 4 is 5.97 Å². The minimum Gasteiger partial charge on any atom is -0.481 e. The van der Waals surface area contributed by atoms with Crippen molar-refractivity contribution in [3.63, 3.8) is 0 Å². The lowest BCUT2D eigenvalue weighted by Crippen LogP contribution is -2.34. The van der Waals surface area contributed by atoms with Crippen LogP contribution in [0.3, 0.4) is 0 Å². The predicted molar refractivity (Wildman–Crippen MR) is 67.8 cm³/mol. The van der Waals surface area contributed by atoms with Gasteiger partial charge in [0.05, 0.1) is 18.4 Å². The fourth-order valence-electron chi connectivity index (χ4n) is 2.26. The Morgan fingerprint density at radius 3 is 2.44 bits per heavy atom. The highest BCUT2D eigenvalue weighted by atomic mass is 16.5. The van der Waals surface area contributed by atoms with E-state index in [1.807, 2.05) is 18.7 Å². The first-order valence-corrected chi connectivity index (χ1v) is 6.02. The van der Waals surface area contributed by atoms with Gasteiger partial charge in [-0.1, -0.05) is 13.8 Å². The third-order valence-electron chi connectivity index (χ3n) is 3.09. The topological polar surface area (TPSA) is 67.6 Å². The Labute approximate surface area is 107 Å². The first-order valence-electron chi connectivity index (χ1n) is 6.02. The number of aromatic nitrogens is 2. The molecule has 1 atom stereocenters. The van der Waals surface area contributed by atoms with E-state index in [0.29, 0.717) is 30.2 Å². The Bertz CT molecular complexity index is 424. The van der Waals surface area contributed by atoms with Crippen molar-refractivity contribution in [2.45, 2.75) is 26.8 Å². The summed E-state index contributed by atoms with van der Waals surface area (Å²) in [5.74, 6) is -0.375. The largest absolute Gasteiger partial charge is 0.481 e. The third kappa shape index (κ3) is 2.48. The van der Waals surface area contributed by atoms with E-state index in [1.54, 1.807) is 18.7 Å². The summed E-state index contributed by atoms with van der Waals surface area (Å²) < 4.78 is 6.85. The van der Waals surface area contributed by atoms with Crippen LogP contribution in [0.4, 0.5) is 0 Å². The average Bonchev–Trinajstić information content (AvgIpc) is 2.59. The second kappa shape index (κ2) is 5.86. The van der Waals surface area contributed by atoms with Crippen LogP contribution in [0.2, 0.25) is 0 Å². The molecule has 18 heavy (non-hydrogen) atoms. The van der Waals surface area contributed by atoms with Gasteiger partial charge in [-0.3, -0.25) is 9.69 Å². The quantitative estimate of drug-likeness (QED) is 0.827. The van der Waals surface area contributed by atoms with Crippen molar-refractivity contribution < 1.29 is 14.6 Å². The average molecular weight is 255 g/mol. The van der Waals surface area contributed by atoms with Crippen molar-refractivity contribution in [3.8, 4) is 5.88 Å². The molecule has 0 spiro atoms. The van der Waals surface area contributed by atoms with Crippen LogP contribution in [0, 0.1) is 6.92 Å². The van der Waals surface area contributed by atoms with Crippen LogP contribution >= 0.6 is 0 Å². The van der Waals surface area contributed by atoms with E-state index < -0.39 is 12.0 Å². The van der Waals surface area contributed by atoms with Gasteiger partial charge in [0.15, 0.2) is 0 Å². The summed E-state index contributed by atoms with van der Waals surface area (Å²) in [6.07, 6.45) is 0. The zero-order valence-corrected chi connectivity index (χ0v) is 11.6. The molecule has 0 saturated carbocycles. The second-order valence-corrected chi connectivity index (χ2v) is 4.09. The molecule has 0 fully saturated rings. The van der Waals surface area contributed by atoms with Crippen LogP contribution in [0.1, 0.15) is 31.1 Å². The van der Waals surface area contributed by atoms with Gasteiger partial charge in [0, 0.05) is 7.05 Å². The van der Waals surface area contributed by atoms with Gasteiger partial charge in [-0.25, -0.2) is 4.68 Å². The molecule has 0 bridgehead atoms. The molecular weight excluding hydrogens is 234 g/mol. The summed E-state index contributed by atoms with van der Waals surface area (Å²) in [5.41, 5.74) is 1.32. The first kappa shape index (κ1) is 14.5. The predicted octanol–water partition coefficient (Wildman–Crippen LogP) is 1.20. The Balaban J connectivity index is 3.33. The minimum atomic E-state index is -0.881. The standard InChI is InChI=1S/C12H21N3O3/c1-6-15(7-2)10(12(16)17)9-8(3)13-14(4)11(9)18-5/h10H,6-7H2,1-5H3,(H,16,17). The Kier molecular flexibility index (Phi) is 4.72. The van der Waals surface area contributed by atoms with E-state index >= 15 is 0 Å². The van der Waals surface area contributed by atoms with Crippen molar-refractivity contribution in [1.29, 1.82) is 0 Å². The highest BCUT2D eigenvalue weighted by Crippen LogP contribution is 2.32. The number of aliphatic carboxylic acids is 1. The van der Waals surface area contributed by atoms with Gasteiger partial charge in [0.1, 0.15) is 6.04 Å². The zero-order valence-electron chi connectivity index (χ0n) is 11.6. The molecule has 1 N–H and O–H groups in total. The molecule has 1 aromatic heterocycles. The summed E-state index contributed by atoms with van der Waals surface area (Å²) in [7, 11) is 3.28. The second-order valence-electron chi connectivity index (χ2n) is 4.09. The maximum absolute atomic E-state index is 11.6. The van der Waals surface area contributed by atoms with Crippen LogP contribution in [0.15, 0.2) is 0 Å². The molecule has 1 heterocycles. The van der Waals surface area contributed by atoms with Crippen LogP contribution < -0.4 is 4.74 Å². The fraction of sp³-hybridized carbons (Fsp3) is 0.667. The SMILES string of the molecule is CCN(CC)C(C(=O)O)c1c(C)nn(C)c1OC. The van der Waals surface area contributed by atoms with Crippen molar-refractivity contribution in [3.05, 3.63) is 11.3 Å². The molecule has 1 aromatic rings. The number of hydrogen-bond acceptors (Lipinski definition) is 4. The van der Waals surface area contributed by atoms with E-state index in [-0.39, 0.29) is 0 Å². The van der Waals surface area contributed by atoms with Gasteiger partial charge < -0.3 is 9.84 Å². The van der Waals surface area contributed by atoms with Crippen LogP contribution in [0.5, 0.6) is 5.88 Å². The number of carboxylic acids is 1. The molecule has 0 radical (unpaired) electrons. The Morgan fingerprint density at radius 1 is 1.50 bits per heavy atom. The van der Waals surface area contributed by atoms with E-state index in [2.05, 4.69) is 5.10 Å². The van der Waals surface area contributed by atoms with Crippen molar-refractivity contribution in [2.75, 3.05) is 20.2 Å². The highest BCUT2D eigenvalue weighted by molar-refractivity contribution is 5.77. The molecule has 0 aliphatic rings. The number of methoxy groups -OCH3 is 1.